The van der Waals surface area contributed by atoms with Crippen LogP contribution in [0.25, 0.3) is 5.57 Å². The van der Waals surface area contributed by atoms with Gasteiger partial charge in [-0.25, -0.2) is 4.99 Å². The molecule has 226 valence electrons. The molecular weight excluding hydrogens is 562 g/mol. The zero-order valence-corrected chi connectivity index (χ0v) is 25.9. The van der Waals surface area contributed by atoms with E-state index in [1.165, 1.54) is 27.8 Å². The zero-order chi connectivity index (χ0) is 31.3. The highest BCUT2D eigenvalue weighted by atomic mass is 15.3. The normalized spacial score (nSPS) is 24.2. The number of rotatable bonds is 6. The molecule has 0 fully saturated rings. The van der Waals surface area contributed by atoms with Crippen molar-refractivity contribution < 1.29 is 0 Å². The quantitative estimate of drug-likeness (QED) is 0.296. The molecule has 5 heteroatoms. The molecule has 0 radical (unpaired) electrons. The first-order valence-corrected chi connectivity index (χ1v) is 16.3. The van der Waals surface area contributed by atoms with E-state index in [0.717, 1.165) is 66.6 Å². The lowest BCUT2D eigenvalue weighted by Crippen LogP contribution is -2.45. The number of nitrogens with zero attached hydrogens (tertiary/aromatic N) is 3. The number of nitriles is 2. The van der Waals surface area contributed by atoms with E-state index in [0.29, 0.717) is 0 Å². The van der Waals surface area contributed by atoms with Crippen LogP contribution in [0.4, 0.5) is 0 Å². The Bertz CT molecular complexity index is 1880. The highest BCUT2D eigenvalue weighted by Crippen LogP contribution is 2.38. The second-order valence-corrected chi connectivity index (χ2v) is 12.5. The third-order valence-corrected chi connectivity index (χ3v) is 9.49. The maximum absolute atomic E-state index is 9.51. The molecule has 5 nitrogen and oxygen atoms in total. The standard InChI is InChI=1S/C41H37N5/c42-26-28-11-15-30(16-12-28)31-19-21-33(22-20-31)37-23-36(32-17-13-29(27-43)14-18-32)24-38(25-37)41-45-39(34-7-3-1-4-8-34)44-40(46-41)35-9-5-2-6-10-35/h1-11,15,17,19-21,23-25,29,33,39,41,45H,12-14,16,18,22H2,(H,44,46). The van der Waals surface area contributed by atoms with Gasteiger partial charge in [0.05, 0.1) is 18.1 Å². The second kappa shape index (κ2) is 13.4. The van der Waals surface area contributed by atoms with E-state index in [4.69, 9.17) is 4.99 Å². The third-order valence-electron chi connectivity index (χ3n) is 9.49. The molecule has 3 aromatic carbocycles. The van der Waals surface area contributed by atoms with E-state index in [9.17, 15) is 10.5 Å². The van der Waals surface area contributed by atoms with Gasteiger partial charge in [0.15, 0.2) is 0 Å². The van der Waals surface area contributed by atoms with Crippen molar-refractivity contribution in [2.24, 2.45) is 10.9 Å². The van der Waals surface area contributed by atoms with E-state index in [-0.39, 0.29) is 24.2 Å². The van der Waals surface area contributed by atoms with Crippen LogP contribution in [-0.2, 0) is 0 Å². The first-order valence-electron chi connectivity index (χ1n) is 16.3. The van der Waals surface area contributed by atoms with Crippen molar-refractivity contribution in [3.8, 4) is 12.1 Å². The van der Waals surface area contributed by atoms with Gasteiger partial charge in [-0.15, -0.1) is 0 Å². The Balaban J connectivity index is 1.25. The molecule has 3 aromatic rings. The van der Waals surface area contributed by atoms with Crippen LogP contribution in [0.1, 0.15) is 84.6 Å². The van der Waals surface area contributed by atoms with Gasteiger partial charge in [-0.1, -0.05) is 103 Å². The molecule has 0 spiro atoms. The van der Waals surface area contributed by atoms with Crippen molar-refractivity contribution in [3.63, 3.8) is 0 Å². The second-order valence-electron chi connectivity index (χ2n) is 12.5. The van der Waals surface area contributed by atoms with E-state index >= 15 is 0 Å². The zero-order valence-electron chi connectivity index (χ0n) is 25.9. The van der Waals surface area contributed by atoms with Crippen LogP contribution in [0.2, 0.25) is 0 Å². The van der Waals surface area contributed by atoms with Crippen LogP contribution >= 0.6 is 0 Å². The number of aliphatic imine (C=N–C) groups is 1. The fourth-order valence-corrected chi connectivity index (χ4v) is 6.81. The number of hydrogen-bond acceptors (Lipinski definition) is 5. The molecule has 0 saturated carbocycles. The van der Waals surface area contributed by atoms with Gasteiger partial charge in [0, 0.05) is 17.1 Å². The highest BCUT2D eigenvalue weighted by Gasteiger charge is 2.27. The molecule has 4 atom stereocenters. The molecule has 1 aliphatic heterocycles. The summed E-state index contributed by atoms with van der Waals surface area (Å²) in [6.07, 6.45) is 18.2. The van der Waals surface area contributed by atoms with Crippen molar-refractivity contribution in [2.45, 2.75) is 56.8 Å². The predicted octanol–water partition coefficient (Wildman–Crippen LogP) is 8.87. The highest BCUT2D eigenvalue weighted by molar-refractivity contribution is 5.99. The number of benzene rings is 3. The first-order chi connectivity index (χ1) is 22.7. The SMILES string of the molecule is N#CC1=CC=C(C2=CCC(c3cc(C4=CCC(C#N)CC4)cc(C4N=C(c5ccccc5)NC(c5ccccc5)N4)c3)C=C2)CC1. The van der Waals surface area contributed by atoms with Gasteiger partial charge in [0.2, 0.25) is 0 Å². The topological polar surface area (TPSA) is 84.0 Å². The van der Waals surface area contributed by atoms with Crippen molar-refractivity contribution in [1.82, 2.24) is 10.6 Å². The summed E-state index contributed by atoms with van der Waals surface area (Å²) in [7, 11) is 0. The van der Waals surface area contributed by atoms with E-state index in [1.54, 1.807) is 0 Å². The van der Waals surface area contributed by atoms with Gasteiger partial charge in [-0.2, -0.15) is 10.5 Å². The van der Waals surface area contributed by atoms with Gasteiger partial charge in [-0.3, -0.25) is 5.32 Å². The van der Waals surface area contributed by atoms with E-state index < -0.39 is 0 Å². The Morgan fingerprint density at radius 3 is 2.22 bits per heavy atom. The summed E-state index contributed by atoms with van der Waals surface area (Å²) in [5, 5.41) is 26.2. The number of allylic oxidation sites excluding steroid dienone is 10. The van der Waals surface area contributed by atoms with Gasteiger partial charge in [-0.05, 0) is 89.6 Å². The first kappa shape index (κ1) is 29.5. The maximum atomic E-state index is 9.51. The van der Waals surface area contributed by atoms with Crippen LogP contribution < -0.4 is 10.6 Å². The summed E-state index contributed by atoms with van der Waals surface area (Å²) >= 11 is 0. The Morgan fingerprint density at radius 1 is 0.739 bits per heavy atom. The van der Waals surface area contributed by atoms with Gasteiger partial charge in [0.1, 0.15) is 18.2 Å². The smallest absolute Gasteiger partial charge is 0.131 e. The van der Waals surface area contributed by atoms with Gasteiger partial charge in [0.25, 0.3) is 0 Å². The van der Waals surface area contributed by atoms with E-state index in [2.05, 4.69) is 120 Å². The van der Waals surface area contributed by atoms with Crippen molar-refractivity contribution in [1.29, 1.82) is 10.5 Å². The fraction of sp³-hybridized carbons (Fsp3) is 0.244. The summed E-state index contributed by atoms with van der Waals surface area (Å²) in [4.78, 5) is 5.25. The van der Waals surface area contributed by atoms with Crippen LogP contribution in [0, 0.1) is 28.6 Å². The summed E-state index contributed by atoms with van der Waals surface area (Å²) in [6, 6.07) is 32.6. The Kier molecular flexibility index (Phi) is 8.59. The molecule has 2 N–H and O–H groups in total. The maximum Gasteiger partial charge on any atom is 0.131 e. The molecule has 1 heterocycles. The summed E-state index contributed by atoms with van der Waals surface area (Å²) in [6.45, 7) is 0. The minimum Gasteiger partial charge on any atom is -0.350 e. The largest absolute Gasteiger partial charge is 0.350 e. The lowest BCUT2D eigenvalue weighted by Gasteiger charge is -2.33. The Labute approximate surface area is 271 Å². The molecular formula is C41H37N5. The average molecular weight is 600 g/mol. The van der Waals surface area contributed by atoms with Crippen molar-refractivity contribution in [3.05, 3.63) is 160 Å². The number of hydrogen-bond donors (Lipinski definition) is 2. The molecule has 0 amide bonds. The molecule has 4 unspecified atom stereocenters. The molecule has 3 aliphatic carbocycles. The van der Waals surface area contributed by atoms with Gasteiger partial charge >= 0.3 is 0 Å². The minimum atomic E-state index is -0.247. The van der Waals surface area contributed by atoms with Crippen molar-refractivity contribution in [2.75, 3.05) is 0 Å². The monoisotopic (exact) mass is 599 g/mol. The minimum absolute atomic E-state index is 0.0974. The summed E-state index contributed by atoms with van der Waals surface area (Å²) < 4.78 is 0. The average Bonchev–Trinajstić information content (AvgIpc) is 3.15. The molecule has 0 bridgehead atoms. The van der Waals surface area contributed by atoms with Crippen LogP contribution in [0.3, 0.4) is 0 Å². The van der Waals surface area contributed by atoms with Crippen molar-refractivity contribution >= 4 is 11.4 Å². The number of amidine groups is 1. The van der Waals surface area contributed by atoms with Crippen LogP contribution in [0.15, 0.2) is 137 Å². The molecule has 7 rings (SSSR count). The van der Waals surface area contributed by atoms with Crippen LogP contribution in [-0.4, -0.2) is 5.84 Å². The summed E-state index contributed by atoms with van der Waals surface area (Å²) in [5.41, 5.74) is 10.6. The predicted molar refractivity (Wildman–Crippen MR) is 184 cm³/mol. The van der Waals surface area contributed by atoms with Gasteiger partial charge < -0.3 is 5.32 Å². The lowest BCUT2D eigenvalue weighted by molar-refractivity contribution is 0.408. The third kappa shape index (κ3) is 6.43. The fourth-order valence-electron chi connectivity index (χ4n) is 6.81. The van der Waals surface area contributed by atoms with E-state index in [1.807, 2.05) is 18.2 Å². The molecule has 4 aliphatic rings. The Morgan fingerprint density at radius 2 is 1.54 bits per heavy atom. The number of nitrogens with one attached hydrogen (secondary N) is 2. The molecule has 0 saturated heterocycles. The summed E-state index contributed by atoms with van der Waals surface area (Å²) in [5.74, 6) is 1.22. The lowest BCUT2D eigenvalue weighted by atomic mass is 9.82. The van der Waals surface area contributed by atoms with Crippen LogP contribution in [0.5, 0.6) is 0 Å². The molecule has 0 aromatic heterocycles. The Hall–Kier alpha value is -5.23. The molecule has 46 heavy (non-hydrogen) atoms.